The van der Waals surface area contributed by atoms with Crippen LogP contribution in [0.1, 0.15) is 27.2 Å². The van der Waals surface area contributed by atoms with Crippen molar-refractivity contribution in [3.63, 3.8) is 0 Å². The van der Waals surface area contributed by atoms with Crippen molar-refractivity contribution in [2.75, 3.05) is 39.9 Å². The Morgan fingerprint density at radius 3 is 2.50 bits per heavy atom. The lowest BCUT2D eigenvalue weighted by Crippen LogP contribution is -2.42. The van der Waals surface area contributed by atoms with Gasteiger partial charge in [-0.1, -0.05) is 6.92 Å². The van der Waals surface area contributed by atoms with Gasteiger partial charge in [0.05, 0.1) is 12.7 Å². The molecule has 4 heteroatoms. The number of ether oxygens (including phenoxy) is 1. The second-order valence-electron chi connectivity index (χ2n) is 4.08. The van der Waals surface area contributed by atoms with Gasteiger partial charge in [-0.25, -0.2) is 0 Å². The van der Waals surface area contributed by atoms with Crippen LogP contribution in [0.5, 0.6) is 0 Å². The Balaban J connectivity index is 3.90. The normalized spacial score (nSPS) is 14.8. The van der Waals surface area contributed by atoms with E-state index in [2.05, 4.69) is 23.2 Å². The van der Waals surface area contributed by atoms with Crippen LogP contribution in [0.15, 0.2) is 0 Å². The minimum atomic E-state index is -0.418. The van der Waals surface area contributed by atoms with E-state index in [4.69, 9.17) is 10.00 Å². The summed E-state index contributed by atoms with van der Waals surface area (Å²) in [7, 11) is 1.83. The average molecular weight is 227 g/mol. The molecule has 0 aromatic carbocycles. The topological polar surface area (TPSA) is 48.3 Å². The zero-order valence-electron chi connectivity index (χ0n) is 11.0. The molecule has 0 saturated carbocycles. The highest BCUT2D eigenvalue weighted by Crippen LogP contribution is 2.08. The van der Waals surface area contributed by atoms with Gasteiger partial charge in [-0.2, -0.15) is 5.26 Å². The van der Waals surface area contributed by atoms with E-state index in [1.54, 1.807) is 0 Å². The van der Waals surface area contributed by atoms with Crippen LogP contribution < -0.4 is 5.32 Å². The first kappa shape index (κ1) is 15.4. The minimum absolute atomic E-state index is 0.418. The van der Waals surface area contributed by atoms with E-state index in [1.165, 1.54) is 0 Å². The second-order valence-corrected chi connectivity index (χ2v) is 4.08. The van der Waals surface area contributed by atoms with Crippen LogP contribution in [-0.4, -0.2) is 50.3 Å². The summed E-state index contributed by atoms with van der Waals surface area (Å²) < 4.78 is 5.33. The first-order valence-corrected chi connectivity index (χ1v) is 6.02. The van der Waals surface area contributed by atoms with Gasteiger partial charge in [-0.15, -0.1) is 0 Å². The molecule has 0 saturated heterocycles. The minimum Gasteiger partial charge on any atom is -0.380 e. The van der Waals surface area contributed by atoms with Crippen molar-refractivity contribution in [3.05, 3.63) is 0 Å². The van der Waals surface area contributed by atoms with Crippen LogP contribution in [-0.2, 0) is 4.74 Å². The van der Waals surface area contributed by atoms with Crippen molar-refractivity contribution in [2.24, 2.45) is 0 Å². The molecule has 16 heavy (non-hydrogen) atoms. The fraction of sp³-hybridized carbons (Fsp3) is 0.917. The zero-order chi connectivity index (χ0) is 12.4. The lowest BCUT2D eigenvalue weighted by atomic mass is 10.00. The molecule has 4 nitrogen and oxygen atoms in total. The van der Waals surface area contributed by atoms with E-state index in [1.807, 2.05) is 20.9 Å². The van der Waals surface area contributed by atoms with E-state index in [0.29, 0.717) is 0 Å². The smallest absolute Gasteiger partial charge is 0.104 e. The van der Waals surface area contributed by atoms with Crippen LogP contribution in [0.4, 0.5) is 0 Å². The summed E-state index contributed by atoms with van der Waals surface area (Å²) in [5, 5.41) is 12.1. The van der Waals surface area contributed by atoms with E-state index < -0.39 is 5.54 Å². The van der Waals surface area contributed by atoms with Crippen molar-refractivity contribution >= 4 is 0 Å². The maximum Gasteiger partial charge on any atom is 0.104 e. The van der Waals surface area contributed by atoms with Gasteiger partial charge < -0.3 is 15.0 Å². The molecule has 1 unspecified atom stereocenters. The fourth-order valence-electron chi connectivity index (χ4n) is 1.38. The highest BCUT2D eigenvalue weighted by Gasteiger charge is 2.21. The van der Waals surface area contributed by atoms with Crippen molar-refractivity contribution in [1.82, 2.24) is 10.2 Å². The summed E-state index contributed by atoms with van der Waals surface area (Å²) in [5.74, 6) is 0. The van der Waals surface area contributed by atoms with Crippen molar-refractivity contribution in [2.45, 2.75) is 32.7 Å². The quantitative estimate of drug-likeness (QED) is 0.602. The molecule has 0 aliphatic rings. The third-order valence-corrected chi connectivity index (χ3v) is 2.93. The average Bonchev–Trinajstić information content (AvgIpc) is 2.33. The molecule has 0 rings (SSSR count). The Bertz CT molecular complexity index is 215. The second kappa shape index (κ2) is 8.51. The van der Waals surface area contributed by atoms with Gasteiger partial charge in [0, 0.05) is 19.7 Å². The Morgan fingerprint density at radius 2 is 2.06 bits per heavy atom. The lowest BCUT2D eigenvalue weighted by molar-refractivity contribution is 0.112. The first-order valence-electron chi connectivity index (χ1n) is 6.02. The molecule has 0 bridgehead atoms. The Morgan fingerprint density at radius 1 is 1.38 bits per heavy atom. The van der Waals surface area contributed by atoms with E-state index >= 15 is 0 Å². The summed E-state index contributed by atoms with van der Waals surface area (Å²) in [6.07, 6.45) is 0.833. The van der Waals surface area contributed by atoms with Gasteiger partial charge in [0.2, 0.25) is 0 Å². The van der Waals surface area contributed by atoms with Crippen molar-refractivity contribution < 1.29 is 4.74 Å². The molecule has 0 aliphatic carbocycles. The van der Waals surface area contributed by atoms with Crippen LogP contribution in [0.3, 0.4) is 0 Å². The fourth-order valence-corrected chi connectivity index (χ4v) is 1.38. The summed E-state index contributed by atoms with van der Waals surface area (Å²) in [4.78, 5) is 2.31. The number of hydrogen-bond acceptors (Lipinski definition) is 4. The summed E-state index contributed by atoms with van der Waals surface area (Å²) >= 11 is 0. The summed E-state index contributed by atoms with van der Waals surface area (Å²) in [6.45, 7) is 10.5. The molecule has 1 N–H and O–H groups in total. The van der Waals surface area contributed by atoms with E-state index in [0.717, 1.165) is 39.3 Å². The van der Waals surface area contributed by atoms with E-state index in [-0.39, 0.29) is 0 Å². The molecular weight excluding hydrogens is 202 g/mol. The van der Waals surface area contributed by atoms with Crippen LogP contribution in [0.2, 0.25) is 0 Å². The predicted octanol–water partition coefficient (Wildman–Crippen LogP) is 1.24. The van der Waals surface area contributed by atoms with Gasteiger partial charge in [0.1, 0.15) is 5.54 Å². The standard InChI is InChI=1S/C12H25N3O/c1-5-15(9-10-16-6-2)8-7-12(3,11-13)14-4/h14H,5-10H2,1-4H3. The maximum atomic E-state index is 9.03. The number of nitriles is 1. The molecule has 1 atom stereocenters. The Hall–Kier alpha value is -0.630. The number of nitrogens with one attached hydrogen (secondary N) is 1. The van der Waals surface area contributed by atoms with Crippen LogP contribution in [0, 0.1) is 11.3 Å². The SMILES string of the molecule is CCOCCN(CC)CCC(C)(C#N)NC. The molecule has 0 heterocycles. The van der Waals surface area contributed by atoms with Gasteiger partial charge >= 0.3 is 0 Å². The van der Waals surface area contributed by atoms with Gasteiger partial charge in [0.15, 0.2) is 0 Å². The largest absolute Gasteiger partial charge is 0.380 e. The predicted molar refractivity (Wildman–Crippen MR) is 66.3 cm³/mol. The zero-order valence-corrected chi connectivity index (χ0v) is 11.0. The monoisotopic (exact) mass is 227 g/mol. The van der Waals surface area contributed by atoms with E-state index in [9.17, 15) is 0 Å². The number of rotatable bonds is 9. The number of likely N-dealkylation sites (N-methyl/N-ethyl adjacent to an activating group) is 1. The number of hydrogen-bond donors (Lipinski definition) is 1. The van der Waals surface area contributed by atoms with Gasteiger partial charge in [0.25, 0.3) is 0 Å². The van der Waals surface area contributed by atoms with Crippen molar-refractivity contribution in [1.29, 1.82) is 5.26 Å². The lowest BCUT2D eigenvalue weighted by Gasteiger charge is -2.26. The highest BCUT2D eigenvalue weighted by molar-refractivity contribution is 5.03. The third kappa shape index (κ3) is 6.06. The molecule has 94 valence electrons. The molecule has 0 aliphatic heterocycles. The molecule has 0 aromatic rings. The summed E-state index contributed by atoms with van der Waals surface area (Å²) in [6, 6.07) is 2.31. The molecule has 0 aromatic heterocycles. The van der Waals surface area contributed by atoms with Gasteiger partial charge in [-0.3, -0.25) is 0 Å². The molecule has 0 amide bonds. The first-order chi connectivity index (χ1) is 7.61. The highest BCUT2D eigenvalue weighted by atomic mass is 16.5. The Kier molecular flexibility index (Phi) is 8.18. The van der Waals surface area contributed by atoms with Crippen LogP contribution >= 0.6 is 0 Å². The van der Waals surface area contributed by atoms with Crippen molar-refractivity contribution in [3.8, 4) is 6.07 Å². The van der Waals surface area contributed by atoms with Gasteiger partial charge in [-0.05, 0) is 33.9 Å². The third-order valence-electron chi connectivity index (χ3n) is 2.93. The maximum absolute atomic E-state index is 9.03. The Labute approximate surface area is 99.6 Å². The molecule has 0 fully saturated rings. The number of nitrogens with zero attached hydrogens (tertiary/aromatic N) is 2. The summed E-state index contributed by atoms with van der Waals surface area (Å²) in [5.41, 5.74) is -0.418. The molecule has 0 radical (unpaired) electrons. The molecule has 0 spiro atoms. The van der Waals surface area contributed by atoms with Crippen LogP contribution in [0.25, 0.3) is 0 Å². The molecular formula is C12H25N3O.